The number of aryl methyl sites for hydroxylation is 1. The average molecular weight is 356 g/mol. The van der Waals surface area contributed by atoms with Crippen molar-refractivity contribution in [2.75, 3.05) is 0 Å². The molecule has 2 aromatic carbocycles. The quantitative estimate of drug-likeness (QED) is 0.665. The molecule has 0 amide bonds. The molecular formula is C17H12N2O3S2. The van der Waals surface area contributed by atoms with Crippen molar-refractivity contribution < 1.29 is 12.6 Å². The van der Waals surface area contributed by atoms with Crippen molar-refractivity contribution in [1.29, 1.82) is 5.26 Å². The van der Waals surface area contributed by atoms with Gasteiger partial charge in [0.1, 0.15) is 15.7 Å². The van der Waals surface area contributed by atoms with Crippen LogP contribution in [0, 0.1) is 18.3 Å². The van der Waals surface area contributed by atoms with Gasteiger partial charge in [0.15, 0.2) is 0 Å². The highest BCUT2D eigenvalue weighted by atomic mass is 32.2. The molecule has 0 aliphatic heterocycles. The summed E-state index contributed by atoms with van der Waals surface area (Å²) in [5.74, 6) is 0.219. The van der Waals surface area contributed by atoms with E-state index in [-0.39, 0.29) is 10.6 Å². The summed E-state index contributed by atoms with van der Waals surface area (Å²) < 4.78 is 29.6. The first-order chi connectivity index (χ1) is 11.5. The van der Waals surface area contributed by atoms with Crippen LogP contribution in [0.2, 0.25) is 0 Å². The van der Waals surface area contributed by atoms with Gasteiger partial charge in [-0.15, -0.1) is 11.3 Å². The van der Waals surface area contributed by atoms with Crippen molar-refractivity contribution in [3.8, 4) is 22.4 Å². The van der Waals surface area contributed by atoms with Crippen molar-refractivity contribution in [3.63, 3.8) is 0 Å². The van der Waals surface area contributed by atoms with Crippen molar-refractivity contribution in [3.05, 3.63) is 65.2 Å². The fourth-order valence-electron chi connectivity index (χ4n) is 2.01. The second-order valence-corrected chi connectivity index (χ2v) is 7.40. The van der Waals surface area contributed by atoms with Crippen LogP contribution >= 0.6 is 11.3 Å². The zero-order valence-electron chi connectivity index (χ0n) is 12.6. The summed E-state index contributed by atoms with van der Waals surface area (Å²) >= 11 is 1.53. The summed E-state index contributed by atoms with van der Waals surface area (Å²) in [7, 11) is -3.93. The molecule has 0 saturated heterocycles. The lowest BCUT2D eigenvalue weighted by Gasteiger charge is -2.07. The predicted molar refractivity (Wildman–Crippen MR) is 91.3 cm³/mol. The molecule has 1 heterocycles. The third kappa shape index (κ3) is 3.45. The van der Waals surface area contributed by atoms with E-state index in [2.05, 4.69) is 4.98 Å². The van der Waals surface area contributed by atoms with Crippen LogP contribution in [0.1, 0.15) is 11.3 Å². The van der Waals surface area contributed by atoms with Gasteiger partial charge >= 0.3 is 10.1 Å². The number of thiazole rings is 1. The van der Waals surface area contributed by atoms with Gasteiger partial charge in [0.05, 0.1) is 11.6 Å². The minimum atomic E-state index is -3.93. The lowest BCUT2D eigenvalue weighted by Crippen LogP contribution is -2.09. The highest BCUT2D eigenvalue weighted by Crippen LogP contribution is 2.26. The van der Waals surface area contributed by atoms with E-state index >= 15 is 0 Å². The van der Waals surface area contributed by atoms with Crippen molar-refractivity contribution in [2.45, 2.75) is 11.8 Å². The Balaban J connectivity index is 1.81. The number of nitriles is 1. The molecule has 0 fully saturated rings. The van der Waals surface area contributed by atoms with Crippen LogP contribution in [0.25, 0.3) is 10.6 Å². The lowest BCUT2D eigenvalue weighted by molar-refractivity contribution is 0.486. The number of benzene rings is 2. The van der Waals surface area contributed by atoms with Gasteiger partial charge in [0, 0.05) is 16.6 Å². The monoisotopic (exact) mass is 356 g/mol. The summed E-state index contributed by atoms with van der Waals surface area (Å²) in [4.78, 5) is 4.38. The highest BCUT2D eigenvalue weighted by molar-refractivity contribution is 7.87. The molecule has 0 aliphatic rings. The number of hydrogen-bond acceptors (Lipinski definition) is 6. The summed E-state index contributed by atoms with van der Waals surface area (Å²) in [5, 5.41) is 11.6. The van der Waals surface area contributed by atoms with Gasteiger partial charge in [0.2, 0.25) is 0 Å². The first kappa shape index (κ1) is 16.2. The van der Waals surface area contributed by atoms with Gasteiger partial charge < -0.3 is 4.18 Å². The van der Waals surface area contributed by atoms with E-state index in [1.807, 2.05) is 18.4 Å². The van der Waals surface area contributed by atoms with Crippen LogP contribution in [0.3, 0.4) is 0 Å². The maximum absolute atomic E-state index is 12.2. The van der Waals surface area contributed by atoms with Crippen LogP contribution in [0.15, 0.2) is 58.8 Å². The minimum absolute atomic E-state index is 0.00104. The number of aromatic nitrogens is 1. The maximum Gasteiger partial charge on any atom is 0.339 e. The molecule has 0 unspecified atom stereocenters. The highest BCUT2D eigenvalue weighted by Gasteiger charge is 2.16. The second kappa shape index (κ2) is 6.43. The maximum atomic E-state index is 12.2. The van der Waals surface area contributed by atoms with Crippen LogP contribution < -0.4 is 4.18 Å². The standard InChI is InChI=1S/C17H12N2O3S2/c1-12-11-23-17(19-12)14-4-6-15(7-5-14)22-24(20,21)16-8-2-13(10-18)3-9-16/h2-9,11H,1H3. The Morgan fingerprint density at radius 2 is 1.75 bits per heavy atom. The normalized spacial score (nSPS) is 11.0. The Hall–Kier alpha value is -2.69. The van der Waals surface area contributed by atoms with E-state index in [0.29, 0.717) is 5.56 Å². The molecule has 0 aliphatic carbocycles. The molecule has 120 valence electrons. The molecule has 3 rings (SSSR count). The van der Waals surface area contributed by atoms with Crippen molar-refractivity contribution in [1.82, 2.24) is 4.98 Å². The Morgan fingerprint density at radius 1 is 1.08 bits per heavy atom. The molecule has 1 aromatic heterocycles. The first-order valence-corrected chi connectivity index (χ1v) is 9.24. The SMILES string of the molecule is Cc1csc(-c2ccc(OS(=O)(=O)c3ccc(C#N)cc3)cc2)n1. The minimum Gasteiger partial charge on any atom is -0.379 e. The van der Waals surface area contributed by atoms with E-state index in [9.17, 15) is 8.42 Å². The molecule has 3 aromatic rings. The molecule has 0 radical (unpaired) electrons. The molecule has 24 heavy (non-hydrogen) atoms. The smallest absolute Gasteiger partial charge is 0.339 e. The Morgan fingerprint density at radius 3 is 2.29 bits per heavy atom. The molecule has 0 N–H and O–H groups in total. The zero-order valence-corrected chi connectivity index (χ0v) is 14.3. The lowest BCUT2D eigenvalue weighted by atomic mass is 10.2. The summed E-state index contributed by atoms with van der Waals surface area (Å²) in [5.41, 5.74) is 2.23. The number of nitrogens with zero attached hydrogens (tertiary/aromatic N) is 2. The van der Waals surface area contributed by atoms with Crippen LogP contribution in [-0.2, 0) is 10.1 Å². The fourth-order valence-corrected chi connectivity index (χ4v) is 3.74. The summed E-state index contributed by atoms with van der Waals surface area (Å²) in [6.07, 6.45) is 0. The molecular weight excluding hydrogens is 344 g/mol. The average Bonchev–Trinajstić information content (AvgIpc) is 3.02. The topological polar surface area (TPSA) is 80.0 Å². The van der Waals surface area contributed by atoms with E-state index in [1.54, 1.807) is 24.3 Å². The Labute approximate surface area is 143 Å². The summed E-state index contributed by atoms with van der Waals surface area (Å²) in [6.45, 7) is 1.92. The van der Waals surface area contributed by atoms with E-state index in [1.165, 1.54) is 35.6 Å². The molecule has 0 spiro atoms. The largest absolute Gasteiger partial charge is 0.379 e. The van der Waals surface area contributed by atoms with Gasteiger partial charge in [-0.05, 0) is 55.5 Å². The Bertz CT molecular complexity index is 999. The molecule has 5 nitrogen and oxygen atoms in total. The van der Waals surface area contributed by atoms with Gasteiger partial charge in [-0.2, -0.15) is 13.7 Å². The number of rotatable bonds is 4. The molecule has 0 atom stereocenters. The third-order valence-corrected chi connectivity index (χ3v) is 5.47. The van der Waals surface area contributed by atoms with E-state index < -0.39 is 10.1 Å². The van der Waals surface area contributed by atoms with Crippen LogP contribution in [-0.4, -0.2) is 13.4 Å². The van der Waals surface area contributed by atoms with E-state index in [0.717, 1.165) is 16.3 Å². The Kier molecular flexibility index (Phi) is 4.34. The van der Waals surface area contributed by atoms with Gasteiger partial charge in [0.25, 0.3) is 0 Å². The second-order valence-electron chi connectivity index (χ2n) is 4.99. The van der Waals surface area contributed by atoms with Gasteiger partial charge in [-0.25, -0.2) is 4.98 Å². The third-order valence-electron chi connectivity index (χ3n) is 3.20. The van der Waals surface area contributed by atoms with Crippen LogP contribution in [0.4, 0.5) is 0 Å². The van der Waals surface area contributed by atoms with E-state index in [4.69, 9.17) is 9.44 Å². The molecule has 7 heteroatoms. The molecule has 0 bridgehead atoms. The van der Waals surface area contributed by atoms with Gasteiger partial charge in [-0.1, -0.05) is 0 Å². The van der Waals surface area contributed by atoms with Crippen molar-refractivity contribution in [2.24, 2.45) is 0 Å². The van der Waals surface area contributed by atoms with Gasteiger partial charge in [-0.3, -0.25) is 0 Å². The predicted octanol–water partition coefficient (Wildman–Crippen LogP) is 3.76. The zero-order chi connectivity index (χ0) is 17.2. The number of hydrogen-bond donors (Lipinski definition) is 0. The van der Waals surface area contributed by atoms with Crippen molar-refractivity contribution >= 4 is 21.5 Å². The fraction of sp³-hybridized carbons (Fsp3) is 0.0588. The van der Waals surface area contributed by atoms with Crippen LogP contribution in [0.5, 0.6) is 5.75 Å². The summed E-state index contributed by atoms with van der Waals surface area (Å²) in [6, 6.07) is 14.2. The molecule has 0 saturated carbocycles. The first-order valence-electron chi connectivity index (χ1n) is 6.95.